The first kappa shape index (κ1) is 15.5. The maximum absolute atomic E-state index is 12.1. The van der Waals surface area contributed by atoms with E-state index >= 15 is 0 Å². The van der Waals surface area contributed by atoms with Crippen LogP contribution in [0.5, 0.6) is 0 Å². The third kappa shape index (κ3) is 4.29. The van der Waals surface area contributed by atoms with Crippen LogP contribution in [0.15, 0.2) is 30.3 Å². The van der Waals surface area contributed by atoms with E-state index < -0.39 is 18.1 Å². The number of nitrogens with one attached hydrogen (secondary N) is 1. The fraction of sp³-hybridized carbons (Fsp3) is 0.500. The normalized spacial score (nSPS) is 23.3. The molecule has 0 aromatic heterocycles. The molecule has 0 saturated heterocycles. The molecule has 1 amide bonds. The summed E-state index contributed by atoms with van der Waals surface area (Å²) in [5, 5.41) is 21.7. The summed E-state index contributed by atoms with van der Waals surface area (Å²) in [7, 11) is 0. The molecule has 5 heteroatoms. The van der Waals surface area contributed by atoms with E-state index in [1.54, 1.807) is 30.3 Å². The van der Waals surface area contributed by atoms with Crippen LogP contribution in [0.3, 0.4) is 0 Å². The van der Waals surface area contributed by atoms with E-state index in [0.29, 0.717) is 5.56 Å². The van der Waals surface area contributed by atoms with Crippen molar-refractivity contribution in [3.8, 4) is 0 Å². The van der Waals surface area contributed by atoms with E-state index in [1.165, 1.54) is 0 Å². The summed E-state index contributed by atoms with van der Waals surface area (Å²) in [6.07, 6.45) is 3.26. The topological polar surface area (TPSA) is 86.6 Å². The third-order valence-corrected chi connectivity index (χ3v) is 4.00. The van der Waals surface area contributed by atoms with Gasteiger partial charge in [0.1, 0.15) is 0 Å². The average molecular weight is 291 g/mol. The Bertz CT molecular complexity index is 488. The van der Waals surface area contributed by atoms with Gasteiger partial charge in [-0.25, -0.2) is 4.79 Å². The molecule has 0 unspecified atom stereocenters. The maximum atomic E-state index is 12.1. The fourth-order valence-corrected chi connectivity index (χ4v) is 2.82. The van der Waals surface area contributed by atoms with Crippen LogP contribution in [0, 0.1) is 5.92 Å². The molecule has 1 aromatic carbocycles. The van der Waals surface area contributed by atoms with Crippen LogP contribution in [0.25, 0.3) is 0 Å². The van der Waals surface area contributed by atoms with Crippen molar-refractivity contribution in [2.45, 2.75) is 44.2 Å². The molecule has 0 heterocycles. The Labute approximate surface area is 124 Å². The first-order chi connectivity index (χ1) is 10.1. The smallest absolute Gasteiger partial charge is 0.330 e. The number of hydrogen-bond acceptors (Lipinski definition) is 3. The molecule has 0 radical (unpaired) electrons. The monoisotopic (exact) mass is 291 g/mol. The van der Waals surface area contributed by atoms with Crippen molar-refractivity contribution < 1.29 is 19.8 Å². The number of amides is 1. The SMILES string of the molecule is O=C(C[C@@H]1CCCC[C@H]1O)N[C@@H](C(=O)O)c1ccccc1. The van der Waals surface area contributed by atoms with Crippen LogP contribution in [-0.4, -0.2) is 28.2 Å². The zero-order valence-corrected chi connectivity index (χ0v) is 11.9. The van der Waals surface area contributed by atoms with Gasteiger partial charge in [-0.2, -0.15) is 0 Å². The van der Waals surface area contributed by atoms with Crippen molar-refractivity contribution in [2.75, 3.05) is 0 Å². The summed E-state index contributed by atoms with van der Waals surface area (Å²) in [6.45, 7) is 0. The Hall–Kier alpha value is -1.88. The van der Waals surface area contributed by atoms with Crippen molar-refractivity contribution >= 4 is 11.9 Å². The molecule has 1 fully saturated rings. The Balaban J connectivity index is 1.97. The highest BCUT2D eigenvalue weighted by molar-refractivity contribution is 5.84. The van der Waals surface area contributed by atoms with Gasteiger partial charge in [-0.15, -0.1) is 0 Å². The molecular weight excluding hydrogens is 270 g/mol. The van der Waals surface area contributed by atoms with Crippen LogP contribution < -0.4 is 5.32 Å². The van der Waals surface area contributed by atoms with Gasteiger partial charge < -0.3 is 15.5 Å². The van der Waals surface area contributed by atoms with E-state index in [2.05, 4.69) is 5.32 Å². The number of carbonyl (C=O) groups excluding carboxylic acids is 1. The van der Waals surface area contributed by atoms with Crippen molar-refractivity contribution in [3.63, 3.8) is 0 Å². The second kappa shape index (κ2) is 7.22. The third-order valence-electron chi connectivity index (χ3n) is 4.00. The molecule has 2 rings (SSSR count). The van der Waals surface area contributed by atoms with Crippen LogP contribution in [0.1, 0.15) is 43.7 Å². The van der Waals surface area contributed by atoms with Gasteiger partial charge in [-0.05, 0) is 24.3 Å². The standard InChI is InChI=1S/C16H21NO4/c18-13-9-5-4-8-12(13)10-14(19)17-15(16(20)21)11-6-2-1-3-7-11/h1-3,6-7,12-13,15,18H,4-5,8-10H2,(H,17,19)(H,20,21)/t12-,13+,15+/m0/s1. The molecule has 3 N–H and O–H groups in total. The Morgan fingerprint density at radius 2 is 1.86 bits per heavy atom. The second-order valence-electron chi connectivity index (χ2n) is 5.57. The fourth-order valence-electron chi connectivity index (χ4n) is 2.82. The van der Waals surface area contributed by atoms with E-state index in [4.69, 9.17) is 0 Å². The second-order valence-corrected chi connectivity index (χ2v) is 5.57. The summed E-state index contributed by atoms with van der Waals surface area (Å²) < 4.78 is 0. The predicted molar refractivity (Wildman–Crippen MR) is 77.5 cm³/mol. The maximum Gasteiger partial charge on any atom is 0.330 e. The quantitative estimate of drug-likeness (QED) is 0.773. The molecule has 21 heavy (non-hydrogen) atoms. The van der Waals surface area contributed by atoms with Crippen molar-refractivity contribution in [1.29, 1.82) is 0 Å². The summed E-state index contributed by atoms with van der Waals surface area (Å²) in [5.74, 6) is -1.47. The lowest BCUT2D eigenvalue weighted by molar-refractivity contribution is -0.142. The van der Waals surface area contributed by atoms with E-state index in [0.717, 1.165) is 25.7 Å². The largest absolute Gasteiger partial charge is 0.479 e. The van der Waals surface area contributed by atoms with Crippen LogP contribution in [0.4, 0.5) is 0 Å². The molecule has 0 aliphatic heterocycles. The molecule has 0 spiro atoms. The molecule has 5 nitrogen and oxygen atoms in total. The van der Waals surface area contributed by atoms with Gasteiger partial charge in [0.25, 0.3) is 0 Å². The lowest BCUT2D eigenvalue weighted by Crippen LogP contribution is -2.37. The van der Waals surface area contributed by atoms with Gasteiger partial charge in [0.2, 0.25) is 5.91 Å². The number of aliphatic carboxylic acids is 1. The van der Waals surface area contributed by atoms with E-state index in [-0.39, 0.29) is 18.2 Å². The summed E-state index contributed by atoms with van der Waals surface area (Å²) >= 11 is 0. The number of carbonyl (C=O) groups is 2. The minimum Gasteiger partial charge on any atom is -0.479 e. The number of aliphatic hydroxyl groups is 1. The lowest BCUT2D eigenvalue weighted by Gasteiger charge is -2.27. The van der Waals surface area contributed by atoms with Gasteiger partial charge in [-0.3, -0.25) is 4.79 Å². The summed E-state index contributed by atoms with van der Waals surface area (Å²) in [4.78, 5) is 23.4. The highest BCUT2D eigenvalue weighted by Gasteiger charge is 2.28. The molecule has 1 aliphatic carbocycles. The number of carboxylic acid groups (broad SMARTS) is 1. The van der Waals surface area contributed by atoms with Crippen molar-refractivity contribution in [3.05, 3.63) is 35.9 Å². The Kier molecular flexibility index (Phi) is 5.33. The highest BCUT2D eigenvalue weighted by Crippen LogP contribution is 2.27. The zero-order valence-electron chi connectivity index (χ0n) is 11.9. The number of carboxylic acids is 1. The molecule has 1 aliphatic rings. The molecule has 3 atom stereocenters. The van der Waals surface area contributed by atoms with Crippen molar-refractivity contribution in [1.82, 2.24) is 5.32 Å². The first-order valence-corrected chi connectivity index (χ1v) is 7.33. The molecule has 1 aromatic rings. The minimum absolute atomic E-state index is 0.0658. The molecule has 0 bridgehead atoms. The zero-order chi connectivity index (χ0) is 15.2. The highest BCUT2D eigenvalue weighted by atomic mass is 16.4. The molecule has 114 valence electrons. The van der Waals surface area contributed by atoms with Gasteiger partial charge in [-0.1, -0.05) is 43.2 Å². The average Bonchev–Trinajstić information content (AvgIpc) is 2.48. The molecular formula is C16H21NO4. The molecule has 1 saturated carbocycles. The summed E-state index contributed by atoms with van der Waals surface area (Å²) in [6, 6.07) is 7.58. The first-order valence-electron chi connectivity index (χ1n) is 7.33. The number of benzene rings is 1. The number of hydrogen-bond donors (Lipinski definition) is 3. The van der Waals surface area contributed by atoms with Gasteiger partial charge in [0.05, 0.1) is 6.10 Å². The minimum atomic E-state index is -1.08. The summed E-state index contributed by atoms with van der Waals surface area (Å²) in [5.41, 5.74) is 0.544. The Morgan fingerprint density at radius 1 is 1.19 bits per heavy atom. The van der Waals surface area contributed by atoms with Crippen LogP contribution >= 0.6 is 0 Å². The van der Waals surface area contributed by atoms with Gasteiger partial charge in [0.15, 0.2) is 6.04 Å². The van der Waals surface area contributed by atoms with Crippen LogP contribution in [-0.2, 0) is 9.59 Å². The number of aliphatic hydroxyl groups excluding tert-OH is 1. The number of rotatable bonds is 5. The van der Waals surface area contributed by atoms with E-state index in [9.17, 15) is 19.8 Å². The Morgan fingerprint density at radius 3 is 2.48 bits per heavy atom. The van der Waals surface area contributed by atoms with Crippen molar-refractivity contribution in [2.24, 2.45) is 5.92 Å². The van der Waals surface area contributed by atoms with Gasteiger partial charge in [0, 0.05) is 6.42 Å². The predicted octanol–water partition coefficient (Wildman–Crippen LogP) is 1.87. The van der Waals surface area contributed by atoms with Crippen LogP contribution in [0.2, 0.25) is 0 Å². The lowest BCUT2D eigenvalue weighted by atomic mass is 9.84. The van der Waals surface area contributed by atoms with E-state index in [1.807, 2.05) is 0 Å². The van der Waals surface area contributed by atoms with Gasteiger partial charge >= 0.3 is 5.97 Å².